The molecule has 3 aromatic rings. The predicted octanol–water partition coefficient (Wildman–Crippen LogP) is 3.49. The van der Waals surface area contributed by atoms with E-state index < -0.39 is 0 Å². The van der Waals surface area contributed by atoms with Crippen molar-refractivity contribution in [3.8, 4) is 5.75 Å². The Morgan fingerprint density at radius 3 is 2.69 bits per heavy atom. The lowest BCUT2D eigenvalue weighted by Gasteiger charge is -2.34. The summed E-state index contributed by atoms with van der Waals surface area (Å²) in [7, 11) is 1.62. The summed E-state index contributed by atoms with van der Waals surface area (Å²) in [5, 5.41) is 6.48. The van der Waals surface area contributed by atoms with Crippen molar-refractivity contribution in [3.05, 3.63) is 84.1 Å². The molecular weight excluding hydrogens is 364 g/mol. The summed E-state index contributed by atoms with van der Waals surface area (Å²) >= 11 is 0. The van der Waals surface area contributed by atoms with Crippen molar-refractivity contribution in [2.24, 2.45) is 0 Å². The van der Waals surface area contributed by atoms with Crippen molar-refractivity contribution in [1.29, 1.82) is 0 Å². The molecule has 2 aromatic carbocycles. The minimum atomic E-state index is -0.159. The molecule has 0 aliphatic carbocycles. The lowest BCUT2D eigenvalue weighted by molar-refractivity contribution is 0.102. The van der Waals surface area contributed by atoms with E-state index in [9.17, 15) is 4.79 Å². The molecule has 1 amide bonds. The number of amides is 1. The average Bonchev–Trinajstić information content (AvgIpc) is 2.80. The molecule has 2 N–H and O–H groups in total. The van der Waals surface area contributed by atoms with Crippen LogP contribution in [-0.2, 0) is 0 Å². The summed E-state index contributed by atoms with van der Waals surface area (Å²) in [5.41, 5.74) is 2.56. The number of rotatable bonds is 5. The van der Waals surface area contributed by atoms with Crippen molar-refractivity contribution < 1.29 is 9.53 Å². The van der Waals surface area contributed by atoms with E-state index in [4.69, 9.17) is 4.74 Å². The third-order valence-corrected chi connectivity index (χ3v) is 5.06. The molecule has 0 saturated carbocycles. The van der Waals surface area contributed by atoms with Gasteiger partial charge in [-0.15, -0.1) is 0 Å². The van der Waals surface area contributed by atoms with Gasteiger partial charge in [0, 0.05) is 43.1 Å². The van der Waals surface area contributed by atoms with Gasteiger partial charge in [-0.1, -0.05) is 30.3 Å². The number of aromatic nitrogens is 1. The van der Waals surface area contributed by atoms with Crippen LogP contribution in [0, 0.1) is 0 Å². The number of nitrogens with one attached hydrogen (secondary N) is 2. The number of nitrogens with zero attached hydrogens (tertiary/aromatic N) is 2. The first-order chi connectivity index (χ1) is 14.2. The van der Waals surface area contributed by atoms with Gasteiger partial charge in [-0.05, 0) is 42.0 Å². The molecule has 1 aromatic heterocycles. The maximum atomic E-state index is 12.7. The van der Waals surface area contributed by atoms with Crippen LogP contribution in [0.1, 0.15) is 22.0 Å². The highest BCUT2D eigenvalue weighted by molar-refractivity contribution is 6.04. The number of benzene rings is 2. The Balaban J connectivity index is 1.46. The lowest BCUT2D eigenvalue weighted by Crippen LogP contribution is -2.46. The molecule has 0 radical (unpaired) electrons. The van der Waals surface area contributed by atoms with Crippen molar-refractivity contribution in [2.75, 3.05) is 37.0 Å². The fourth-order valence-electron chi connectivity index (χ4n) is 3.48. The minimum absolute atomic E-state index is 0.159. The topological polar surface area (TPSA) is 66.5 Å². The van der Waals surface area contributed by atoms with Gasteiger partial charge in [-0.25, -0.2) is 4.98 Å². The van der Waals surface area contributed by atoms with Crippen LogP contribution >= 0.6 is 0 Å². The second kappa shape index (κ2) is 8.75. The van der Waals surface area contributed by atoms with E-state index in [1.807, 2.05) is 36.4 Å². The van der Waals surface area contributed by atoms with Gasteiger partial charge >= 0.3 is 0 Å². The highest BCUT2D eigenvalue weighted by atomic mass is 16.5. The fourth-order valence-corrected chi connectivity index (χ4v) is 3.48. The zero-order valence-corrected chi connectivity index (χ0v) is 16.3. The second-order valence-corrected chi connectivity index (χ2v) is 6.95. The Morgan fingerprint density at radius 2 is 1.93 bits per heavy atom. The summed E-state index contributed by atoms with van der Waals surface area (Å²) in [6.45, 7) is 2.52. The first kappa shape index (κ1) is 19.0. The average molecular weight is 388 g/mol. The zero-order chi connectivity index (χ0) is 20.1. The van der Waals surface area contributed by atoms with E-state index in [0.29, 0.717) is 5.56 Å². The number of methoxy groups -OCH3 is 1. The summed E-state index contributed by atoms with van der Waals surface area (Å²) in [6.07, 6.45) is 1.69. The van der Waals surface area contributed by atoms with Gasteiger partial charge in [0.05, 0.1) is 7.11 Å². The van der Waals surface area contributed by atoms with Gasteiger partial charge in [-0.2, -0.15) is 0 Å². The van der Waals surface area contributed by atoms with Crippen LogP contribution in [0.5, 0.6) is 5.75 Å². The molecular formula is C23H24N4O2. The van der Waals surface area contributed by atoms with E-state index in [-0.39, 0.29) is 11.9 Å². The summed E-state index contributed by atoms with van der Waals surface area (Å²) in [6, 6.07) is 21.5. The van der Waals surface area contributed by atoms with E-state index in [1.54, 1.807) is 19.4 Å². The molecule has 1 atom stereocenters. The molecule has 1 saturated heterocycles. The zero-order valence-electron chi connectivity index (χ0n) is 16.3. The fraction of sp³-hybridized carbons (Fsp3) is 0.217. The number of carbonyl (C=O) groups excluding carboxylic acids is 1. The van der Waals surface area contributed by atoms with E-state index in [2.05, 4.69) is 44.8 Å². The number of hydrogen-bond acceptors (Lipinski definition) is 5. The van der Waals surface area contributed by atoms with Crippen molar-refractivity contribution in [3.63, 3.8) is 0 Å². The molecule has 0 unspecified atom stereocenters. The first-order valence-corrected chi connectivity index (χ1v) is 9.67. The van der Waals surface area contributed by atoms with Crippen molar-refractivity contribution >= 4 is 17.4 Å². The molecule has 1 aliphatic heterocycles. The summed E-state index contributed by atoms with van der Waals surface area (Å²) in [4.78, 5) is 19.4. The van der Waals surface area contributed by atoms with Crippen molar-refractivity contribution in [1.82, 2.24) is 10.3 Å². The third kappa shape index (κ3) is 4.55. The van der Waals surface area contributed by atoms with Gasteiger partial charge < -0.3 is 20.3 Å². The van der Waals surface area contributed by atoms with Crippen LogP contribution in [0.4, 0.5) is 11.5 Å². The van der Waals surface area contributed by atoms with Crippen LogP contribution in [0.15, 0.2) is 72.9 Å². The number of anilines is 2. The molecule has 6 heteroatoms. The molecule has 6 nitrogen and oxygen atoms in total. The standard InChI is InChI=1S/C23H24N4O2/c1-29-20-9-7-19(8-10-20)26-23(28)18-11-12-25-22(15-18)27-14-13-24-21(16-27)17-5-3-2-4-6-17/h2-12,15,21,24H,13-14,16H2,1H3,(H,26,28)/t21-/m1/s1. The molecule has 29 heavy (non-hydrogen) atoms. The molecule has 2 heterocycles. The predicted molar refractivity (Wildman–Crippen MR) is 115 cm³/mol. The lowest BCUT2D eigenvalue weighted by atomic mass is 10.0. The monoisotopic (exact) mass is 388 g/mol. The quantitative estimate of drug-likeness (QED) is 0.700. The Labute approximate surface area is 170 Å². The van der Waals surface area contributed by atoms with Gasteiger partial charge in [-0.3, -0.25) is 4.79 Å². The molecule has 1 aliphatic rings. The van der Waals surface area contributed by atoms with Gasteiger partial charge in [0.2, 0.25) is 0 Å². The maximum Gasteiger partial charge on any atom is 0.255 e. The number of carbonyl (C=O) groups is 1. The third-order valence-electron chi connectivity index (χ3n) is 5.06. The molecule has 148 valence electrons. The SMILES string of the molecule is COc1ccc(NC(=O)c2ccnc(N3CCN[C@@H](c4ccccc4)C3)c2)cc1. The van der Waals surface area contributed by atoms with E-state index in [1.165, 1.54) is 5.56 Å². The highest BCUT2D eigenvalue weighted by Gasteiger charge is 2.22. The Kier molecular flexibility index (Phi) is 5.72. The van der Waals surface area contributed by atoms with Crippen LogP contribution in [0.3, 0.4) is 0 Å². The van der Waals surface area contributed by atoms with E-state index in [0.717, 1.165) is 36.9 Å². The van der Waals surface area contributed by atoms with Crippen LogP contribution < -0.4 is 20.3 Å². The number of piperazine rings is 1. The maximum absolute atomic E-state index is 12.7. The Bertz CT molecular complexity index is 960. The molecule has 0 spiro atoms. The largest absolute Gasteiger partial charge is 0.497 e. The van der Waals surface area contributed by atoms with Crippen LogP contribution in [0.2, 0.25) is 0 Å². The van der Waals surface area contributed by atoms with Gasteiger partial charge in [0.15, 0.2) is 0 Å². The number of hydrogen-bond donors (Lipinski definition) is 2. The highest BCUT2D eigenvalue weighted by Crippen LogP contribution is 2.22. The van der Waals surface area contributed by atoms with Crippen LogP contribution in [0.25, 0.3) is 0 Å². The van der Waals surface area contributed by atoms with Crippen LogP contribution in [-0.4, -0.2) is 37.6 Å². The Hall–Kier alpha value is -3.38. The van der Waals surface area contributed by atoms with Gasteiger partial charge in [0.1, 0.15) is 11.6 Å². The molecule has 4 rings (SSSR count). The normalized spacial score (nSPS) is 16.3. The van der Waals surface area contributed by atoms with E-state index >= 15 is 0 Å². The minimum Gasteiger partial charge on any atom is -0.497 e. The first-order valence-electron chi connectivity index (χ1n) is 9.67. The van der Waals surface area contributed by atoms with Gasteiger partial charge in [0.25, 0.3) is 5.91 Å². The second-order valence-electron chi connectivity index (χ2n) is 6.95. The molecule has 1 fully saturated rings. The Morgan fingerprint density at radius 1 is 1.14 bits per heavy atom. The molecule has 0 bridgehead atoms. The summed E-state index contributed by atoms with van der Waals surface area (Å²) in [5.74, 6) is 1.41. The number of pyridine rings is 1. The summed E-state index contributed by atoms with van der Waals surface area (Å²) < 4.78 is 5.15. The smallest absolute Gasteiger partial charge is 0.255 e. The number of ether oxygens (including phenoxy) is 1. The van der Waals surface area contributed by atoms with Crippen molar-refractivity contribution in [2.45, 2.75) is 6.04 Å².